The normalized spacial score (nSPS) is 10.6. The monoisotopic (exact) mass is 270 g/mol. The van der Waals surface area contributed by atoms with Crippen molar-refractivity contribution >= 4 is 11.6 Å². The maximum atomic E-state index is 12.5. The first-order chi connectivity index (χ1) is 9.58. The van der Waals surface area contributed by atoms with E-state index in [-0.39, 0.29) is 11.9 Å². The van der Waals surface area contributed by atoms with Crippen molar-refractivity contribution in [2.45, 2.75) is 26.4 Å². The number of benzene rings is 1. The van der Waals surface area contributed by atoms with Crippen LogP contribution in [0.1, 0.15) is 29.8 Å². The van der Waals surface area contributed by atoms with Crippen LogP contribution in [0.25, 0.3) is 0 Å². The molecule has 0 unspecified atom stereocenters. The van der Waals surface area contributed by atoms with Gasteiger partial charge in [0, 0.05) is 30.7 Å². The summed E-state index contributed by atoms with van der Waals surface area (Å²) < 4.78 is 0. The minimum atomic E-state index is -0.0718. The lowest BCUT2D eigenvalue weighted by Crippen LogP contribution is -2.36. The van der Waals surface area contributed by atoms with Crippen molar-refractivity contribution in [2.24, 2.45) is 0 Å². The van der Waals surface area contributed by atoms with E-state index < -0.39 is 0 Å². The van der Waals surface area contributed by atoms with Crippen LogP contribution < -0.4 is 5.73 Å². The number of hydrogen-bond acceptors (Lipinski definition) is 4. The predicted octanol–water partition coefficient (Wildman–Crippen LogP) is 2.11. The Morgan fingerprint density at radius 3 is 2.35 bits per heavy atom. The molecule has 2 aromatic rings. The molecule has 5 heteroatoms. The Labute approximate surface area is 118 Å². The molecule has 0 fully saturated rings. The van der Waals surface area contributed by atoms with Gasteiger partial charge in [-0.2, -0.15) is 0 Å². The highest BCUT2D eigenvalue weighted by Gasteiger charge is 2.19. The summed E-state index contributed by atoms with van der Waals surface area (Å²) in [6.07, 6.45) is 4.48. The van der Waals surface area contributed by atoms with Gasteiger partial charge in [0.1, 0.15) is 6.33 Å². The Balaban J connectivity index is 2.19. The molecule has 1 aromatic carbocycles. The first kappa shape index (κ1) is 14.0. The average molecular weight is 270 g/mol. The third kappa shape index (κ3) is 3.32. The summed E-state index contributed by atoms with van der Waals surface area (Å²) >= 11 is 0. The number of nitrogen functional groups attached to an aromatic ring is 1. The molecule has 0 atom stereocenters. The molecular weight excluding hydrogens is 252 g/mol. The van der Waals surface area contributed by atoms with Crippen molar-refractivity contribution in [3.05, 3.63) is 54.1 Å². The van der Waals surface area contributed by atoms with Gasteiger partial charge >= 0.3 is 0 Å². The maximum Gasteiger partial charge on any atom is 0.257 e. The number of hydrogen-bond donors (Lipinski definition) is 1. The van der Waals surface area contributed by atoms with E-state index in [1.165, 1.54) is 18.7 Å². The lowest BCUT2D eigenvalue weighted by atomic mass is 10.1. The molecule has 0 bridgehead atoms. The Kier molecular flexibility index (Phi) is 4.30. The second-order valence-electron chi connectivity index (χ2n) is 4.90. The average Bonchev–Trinajstić information content (AvgIpc) is 2.46. The summed E-state index contributed by atoms with van der Waals surface area (Å²) in [5.74, 6) is -0.0718. The number of carbonyl (C=O) groups is 1. The molecule has 104 valence electrons. The second kappa shape index (κ2) is 6.14. The van der Waals surface area contributed by atoms with E-state index in [1.807, 2.05) is 38.1 Å². The summed E-state index contributed by atoms with van der Waals surface area (Å²) in [4.78, 5) is 22.0. The number of anilines is 1. The van der Waals surface area contributed by atoms with Gasteiger partial charge in [-0.3, -0.25) is 4.79 Å². The standard InChI is InChI=1S/C15H18N4O/c1-11(2)19(9-12-3-5-14(16)6-4-12)15(20)13-7-17-10-18-8-13/h3-8,10-11H,9,16H2,1-2H3. The maximum absolute atomic E-state index is 12.5. The molecule has 2 N–H and O–H groups in total. The molecule has 0 spiro atoms. The molecule has 1 amide bonds. The van der Waals surface area contributed by atoms with Gasteiger partial charge in [-0.25, -0.2) is 9.97 Å². The van der Waals surface area contributed by atoms with Crippen molar-refractivity contribution in [2.75, 3.05) is 5.73 Å². The summed E-state index contributed by atoms with van der Waals surface area (Å²) in [5.41, 5.74) is 7.92. The molecule has 1 heterocycles. The van der Waals surface area contributed by atoms with Crippen molar-refractivity contribution in [3.63, 3.8) is 0 Å². The first-order valence-electron chi connectivity index (χ1n) is 6.48. The molecule has 0 saturated heterocycles. The number of amides is 1. The zero-order valence-electron chi connectivity index (χ0n) is 11.7. The fourth-order valence-corrected chi connectivity index (χ4v) is 1.88. The fourth-order valence-electron chi connectivity index (χ4n) is 1.88. The van der Waals surface area contributed by atoms with E-state index in [2.05, 4.69) is 9.97 Å². The number of nitrogens with two attached hydrogens (primary N) is 1. The fraction of sp³-hybridized carbons (Fsp3) is 0.267. The zero-order valence-corrected chi connectivity index (χ0v) is 11.7. The van der Waals surface area contributed by atoms with Crippen molar-refractivity contribution in [3.8, 4) is 0 Å². The number of nitrogens with zero attached hydrogens (tertiary/aromatic N) is 3. The van der Waals surface area contributed by atoms with Gasteiger partial charge in [0.05, 0.1) is 5.56 Å². The van der Waals surface area contributed by atoms with Crippen molar-refractivity contribution < 1.29 is 4.79 Å². The van der Waals surface area contributed by atoms with Gasteiger partial charge in [-0.1, -0.05) is 12.1 Å². The molecule has 0 saturated carbocycles. The van der Waals surface area contributed by atoms with E-state index in [9.17, 15) is 4.79 Å². The van der Waals surface area contributed by atoms with Crippen molar-refractivity contribution in [1.29, 1.82) is 0 Å². The molecule has 20 heavy (non-hydrogen) atoms. The highest BCUT2D eigenvalue weighted by atomic mass is 16.2. The van der Waals surface area contributed by atoms with Gasteiger partial charge in [0.2, 0.25) is 0 Å². The molecule has 0 aliphatic rings. The highest BCUT2D eigenvalue weighted by molar-refractivity contribution is 5.93. The number of rotatable bonds is 4. The quantitative estimate of drug-likeness (QED) is 0.864. The van der Waals surface area contributed by atoms with Gasteiger partial charge < -0.3 is 10.6 Å². The lowest BCUT2D eigenvalue weighted by molar-refractivity contribution is 0.0689. The van der Waals surface area contributed by atoms with Gasteiger partial charge in [0.15, 0.2) is 0 Å². The summed E-state index contributed by atoms with van der Waals surface area (Å²) in [5, 5.41) is 0. The second-order valence-corrected chi connectivity index (χ2v) is 4.90. The largest absolute Gasteiger partial charge is 0.399 e. The number of carbonyl (C=O) groups excluding carboxylic acids is 1. The minimum absolute atomic E-state index is 0.0718. The first-order valence-corrected chi connectivity index (χ1v) is 6.48. The van der Waals surface area contributed by atoms with E-state index in [4.69, 9.17) is 5.73 Å². The van der Waals surface area contributed by atoms with Crippen LogP contribution in [0.15, 0.2) is 43.0 Å². The van der Waals surface area contributed by atoms with E-state index in [1.54, 1.807) is 4.90 Å². The van der Waals surface area contributed by atoms with Gasteiger partial charge in [0.25, 0.3) is 5.91 Å². The Morgan fingerprint density at radius 1 is 1.20 bits per heavy atom. The third-order valence-electron chi connectivity index (χ3n) is 3.02. The third-order valence-corrected chi connectivity index (χ3v) is 3.02. The Morgan fingerprint density at radius 2 is 1.80 bits per heavy atom. The Bertz CT molecular complexity index is 566. The summed E-state index contributed by atoms with van der Waals surface area (Å²) in [7, 11) is 0. The van der Waals surface area contributed by atoms with Crippen molar-refractivity contribution in [1.82, 2.24) is 14.9 Å². The SMILES string of the molecule is CC(C)N(Cc1ccc(N)cc1)C(=O)c1cncnc1. The minimum Gasteiger partial charge on any atom is -0.399 e. The molecule has 0 aliphatic heterocycles. The van der Waals surface area contributed by atoms with Crippen LogP contribution in [0.3, 0.4) is 0 Å². The molecule has 5 nitrogen and oxygen atoms in total. The van der Waals surface area contributed by atoms with Crippen LogP contribution in [0.4, 0.5) is 5.69 Å². The topological polar surface area (TPSA) is 72.1 Å². The van der Waals surface area contributed by atoms with Crippen LogP contribution in [-0.4, -0.2) is 26.8 Å². The Hall–Kier alpha value is -2.43. The van der Waals surface area contributed by atoms with E-state index in [0.717, 1.165) is 5.56 Å². The highest BCUT2D eigenvalue weighted by Crippen LogP contribution is 2.13. The van der Waals surface area contributed by atoms with Crippen LogP contribution in [0.2, 0.25) is 0 Å². The molecule has 0 aliphatic carbocycles. The predicted molar refractivity (Wildman–Crippen MR) is 77.9 cm³/mol. The molecule has 0 radical (unpaired) electrons. The smallest absolute Gasteiger partial charge is 0.257 e. The zero-order chi connectivity index (χ0) is 14.5. The molecule has 1 aromatic heterocycles. The van der Waals surface area contributed by atoms with Crippen LogP contribution >= 0.6 is 0 Å². The molecule has 2 rings (SSSR count). The summed E-state index contributed by atoms with van der Waals surface area (Å²) in [6.45, 7) is 4.50. The summed E-state index contributed by atoms with van der Waals surface area (Å²) in [6, 6.07) is 7.62. The van der Waals surface area contributed by atoms with Gasteiger partial charge in [-0.05, 0) is 31.5 Å². The number of aromatic nitrogens is 2. The van der Waals surface area contributed by atoms with E-state index in [0.29, 0.717) is 17.8 Å². The van der Waals surface area contributed by atoms with Crippen LogP contribution in [0, 0.1) is 0 Å². The lowest BCUT2D eigenvalue weighted by Gasteiger charge is -2.26. The molecular formula is C15H18N4O. The van der Waals surface area contributed by atoms with E-state index >= 15 is 0 Å². The van der Waals surface area contributed by atoms with Crippen LogP contribution in [0.5, 0.6) is 0 Å². The van der Waals surface area contributed by atoms with Gasteiger partial charge in [-0.15, -0.1) is 0 Å². The van der Waals surface area contributed by atoms with Crippen LogP contribution in [-0.2, 0) is 6.54 Å².